The Morgan fingerprint density at radius 1 is 1.08 bits per heavy atom. The van der Waals surface area contributed by atoms with Crippen molar-refractivity contribution in [3.63, 3.8) is 0 Å². The summed E-state index contributed by atoms with van der Waals surface area (Å²) in [5.74, 6) is 0.0673. The first kappa shape index (κ1) is 17.3. The van der Waals surface area contributed by atoms with E-state index < -0.39 is 11.1 Å². The number of rotatable bonds is 3. The quantitative estimate of drug-likeness (QED) is 0.681. The molecule has 7 nitrogen and oxygen atoms in total. The van der Waals surface area contributed by atoms with Crippen molar-refractivity contribution in [3.8, 4) is 11.4 Å². The lowest BCUT2D eigenvalue weighted by molar-refractivity contribution is -0.539. The normalized spacial score (nSPS) is 18.7. The van der Waals surface area contributed by atoms with E-state index >= 15 is 0 Å². The molecule has 1 N–H and O–H groups in total. The van der Waals surface area contributed by atoms with Gasteiger partial charge in [0, 0.05) is 17.6 Å². The third-order valence-corrected chi connectivity index (χ3v) is 5.19. The zero-order valence-corrected chi connectivity index (χ0v) is 14.7. The molecule has 131 valence electrons. The van der Waals surface area contributed by atoms with E-state index in [1.807, 2.05) is 0 Å². The Morgan fingerprint density at radius 3 is 2.08 bits per heavy atom. The summed E-state index contributed by atoms with van der Waals surface area (Å²) in [5.41, 5.74) is 0.753. The second-order valence-corrected chi connectivity index (χ2v) is 7.17. The number of aliphatic hydroxyl groups excluding tert-OH is 1. The molecule has 0 bridgehead atoms. The molecule has 0 saturated heterocycles. The minimum Gasteiger partial charge on any atom is -0.714 e. The van der Waals surface area contributed by atoms with E-state index in [1.54, 1.807) is 58.2 Å². The van der Waals surface area contributed by atoms with Crippen LogP contribution >= 0.6 is 0 Å². The number of aromatic nitrogens is 2. The zero-order valence-electron chi connectivity index (χ0n) is 14.7. The monoisotopic (exact) mass is 341 g/mol. The van der Waals surface area contributed by atoms with Crippen LogP contribution in [0, 0.1) is 5.21 Å². The lowest BCUT2D eigenvalue weighted by Crippen LogP contribution is -2.53. The van der Waals surface area contributed by atoms with Crippen molar-refractivity contribution in [3.05, 3.63) is 53.0 Å². The lowest BCUT2D eigenvalue weighted by atomic mass is 9.84. The van der Waals surface area contributed by atoms with Gasteiger partial charge in [0.1, 0.15) is 5.54 Å². The van der Waals surface area contributed by atoms with Gasteiger partial charge in [-0.3, -0.25) is 14.7 Å². The average Bonchev–Trinajstić information content (AvgIpc) is 2.73. The number of hydrogen-bond donors (Lipinski definition) is 1. The highest BCUT2D eigenvalue weighted by Crippen LogP contribution is 2.37. The number of nitrogens with zero attached hydrogens (tertiary/aromatic N) is 4. The topological polar surface area (TPSA) is 95.2 Å². The van der Waals surface area contributed by atoms with Crippen molar-refractivity contribution in [2.24, 2.45) is 0 Å². The Balaban J connectivity index is 1.96. The predicted molar refractivity (Wildman–Crippen MR) is 91.8 cm³/mol. The molecule has 25 heavy (non-hydrogen) atoms. The summed E-state index contributed by atoms with van der Waals surface area (Å²) in [4.78, 5) is 8.59. The first-order chi connectivity index (χ1) is 11.7. The Morgan fingerprint density at radius 2 is 1.68 bits per heavy atom. The number of hydroxylamine groups is 3. The van der Waals surface area contributed by atoms with E-state index in [1.165, 1.54) is 6.20 Å². The minimum atomic E-state index is -0.857. The SMILES string of the molecule is CC1(C)N([O])C(c2ccc(-c3ccc(CO)cn3)nc2)=[N+]([O-])C1(C)C. The summed E-state index contributed by atoms with van der Waals surface area (Å²) >= 11 is 0. The van der Waals surface area contributed by atoms with Crippen LogP contribution in [0.25, 0.3) is 11.4 Å². The molecular formula is C18H21N4O3. The number of amidine groups is 1. The van der Waals surface area contributed by atoms with Crippen LogP contribution in [0.2, 0.25) is 0 Å². The van der Waals surface area contributed by atoms with E-state index in [0.29, 0.717) is 17.0 Å². The molecule has 7 heteroatoms. The standard InChI is InChI=1S/C18H21N4O3/c1-17(2)18(3,4)22(25)16(21(17)24)13-6-8-15(20-10-13)14-7-5-12(11-23)9-19-14/h5-10,23H,11H2,1-4H3. The Hall–Kier alpha value is -2.51. The van der Waals surface area contributed by atoms with Crippen molar-refractivity contribution in [1.82, 2.24) is 15.0 Å². The van der Waals surface area contributed by atoms with E-state index in [0.717, 1.165) is 15.4 Å². The molecular weight excluding hydrogens is 320 g/mol. The maximum Gasteiger partial charge on any atom is 0.318 e. The van der Waals surface area contributed by atoms with Crippen LogP contribution in [-0.2, 0) is 11.8 Å². The molecule has 1 aliphatic rings. The van der Waals surface area contributed by atoms with Crippen molar-refractivity contribution < 1.29 is 15.1 Å². The van der Waals surface area contributed by atoms with Gasteiger partial charge in [-0.15, -0.1) is 0 Å². The largest absolute Gasteiger partial charge is 0.714 e. The molecule has 0 amide bonds. The van der Waals surface area contributed by atoms with Gasteiger partial charge in [-0.25, -0.2) is 0 Å². The van der Waals surface area contributed by atoms with Crippen LogP contribution < -0.4 is 0 Å². The van der Waals surface area contributed by atoms with Gasteiger partial charge < -0.3 is 10.3 Å². The third-order valence-electron chi connectivity index (χ3n) is 5.19. The van der Waals surface area contributed by atoms with Gasteiger partial charge in [0.2, 0.25) is 0 Å². The second-order valence-electron chi connectivity index (χ2n) is 7.17. The van der Waals surface area contributed by atoms with Gasteiger partial charge in [0.05, 0.1) is 23.6 Å². The van der Waals surface area contributed by atoms with Crippen molar-refractivity contribution in [2.75, 3.05) is 0 Å². The van der Waals surface area contributed by atoms with E-state index in [9.17, 15) is 10.4 Å². The van der Waals surface area contributed by atoms with Crippen LogP contribution in [0.15, 0.2) is 36.7 Å². The van der Waals surface area contributed by atoms with Crippen LogP contribution in [-0.4, -0.2) is 41.8 Å². The molecule has 0 atom stereocenters. The first-order valence-electron chi connectivity index (χ1n) is 8.04. The molecule has 0 unspecified atom stereocenters. The van der Waals surface area contributed by atoms with Gasteiger partial charge in [-0.2, -0.15) is 0 Å². The zero-order chi connectivity index (χ0) is 18.4. The van der Waals surface area contributed by atoms with Crippen molar-refractivity contribution >= 4 is 5.84 Å². The van der Waals surface area contributed by atoms with Crippen molar-refractivity contribution in [2.45, 2.75) is 45.4 Å². The fourth-order valence-electron chi connectivity index (χ4n) is 2.69. The predicted octanol–water partition coefficient (Wildman–Crippen LogP) is 2.11. The van der Waals surface area contributed by atoms with Gasteiger partial charge in [-0.1, -0.05) is 11.1 Å². The first-order valence-corrected chi connectivity index (χ1v) is 8.04. The molecule has 0 aromatic carbocycles. The Labute approximate surface area is 146 Å². The molecule has 0 aliphatic carbocycles. The molecule has 3 rings (SSSR count). The number of hydrogen-bond acceptors (Lipinski definition) is 5. The highest BCUT2D eigenvalue weighted by Gasteiger charge is 2.59. The Bertz CT molecular complexity index is 811. The van der Waals surface area contributed by atoms with Gasteiger partial charge in [0.25, 0.3) is 0 Å². The van der Waals surface area contributed by atoms with E-state index in [4.69, 9.17) is 5.11 Å². The maximum atomic E-state index is 12.7. The lowest BCUT2D eigenvalue weighted by Gasteiger charge is -2.32. The average molecular weight is 341 g/mol. The highest BCUT2D eigenvalue weighted by atomic mass is 16.5. The molecule has 1 aliphatic heterocycles. The summed E-state index contributed by atoms with van der Waals surface area (Å²) in [5, 5.41) is 35.1. The minimum absolute atomic E-state index is 0.0673. The molecule has 1 radical (unpaired) electrons. The fourth-order valence-corrected chi connectivity index (χ4v) is 2.69. The third kappa shape index (κ3) is 2.56. The summed E-state index contributed by atoms with van der Waals surface area (Å²) in [6, 6.07) is 6.96. The fraction of sp³-hybridized carbons (Fsp3) is 0.389. The summed E-state index contributed by atoms with van der Waals surface area (Å²) in [7, 11) is 0. The Kier molecular flexibility index (Phi) is 4.01. The highest BCUT2D eigenvalue weighted by molar-refractivity contribution is 5.95. The van der Waals surface area contributed by atoms with Crippen LogP contribution in [0.5, 0.6) is 0 Å². The molecule has 2 aromatic heterocycles. The van der Waals surface area contributed by atoms with Crippen LogP contribution in [0.4, 0.5) is 0 Å². The maximum absolute atomic E-state index is 12.7. The second kappa shape index (κ2) is 5.79. The van der Waals surface area contributed by atoms with Gasteiger partial charge in [-0.05, 0) is 51.5 Å². The van der Waals surface area contributed by atoms with E-state index in [2.05, 4.69) is 9.97 Å². The number of aliphatic hydroxyl groups is 1. The summed E-state index contributed by atoms with van der Waals surface area (Å²) in [6.07, 6.45) is 3.10. The van der Waals surface area contributed by atoms with Crippen LogP contribution in [0.3, 0.4) is 0 Å². The molecule has 0 fully saturated rings. The molecule has 3 heterocycles. The van der Waals surface area contributed by atoms with Crippen LogP contribution in [0.1, 0.15) is 38.8 Å². The van der Waals surface area contributed by atoms with Gasteiger partial charge >= 0.3 is 5.84 Å². The van der Waals surface area contributed by atoms with E-state index in [-0.39, 0.29) is 12.4 Å². The molecule has 0 saturated carbocycles. The smallest absolute Gasteiger partial charge is 0.318 e. The van der Waals surface area contributed by atoms with Crippen molar-refractivity contribution in [1.29, 1.82) is 0 Å². The molecule has 2 aromatic rings. The van der Waals surface area contributed by atoms with Gasteiger partial charge in [0.15, 0.2) is 5.54 Å². The molecule has 0 spiro atoms. The summed E-state index contributed by atoms with van der Waals surface area (Å²) < 4.78 is 0.769. The summed E-state index contributed by atoms with van der Waals surface area (Å²) in [6.45, 7) is 6.96. The number of pyridine rings is 2.